The molecule has 0 fully saturated rings. The van der Waals surface area contributed by atoms with Crippen LogP contribution in [0.2, 0.25) is 0 Å². The lowest BCUT2D eigenvalue weighted by Crippen LogP contribution is -2.10. The van der Waals surface area contributed by atoms with Crippen LogP contribution in [-0.2, 0) is 12.8 Å². The van der Waals surface area contributed by atoms with E-state index in [0.29, 0.717) is 0 Å². The number of aryl methyl sites for hydroxylation is 1. The lowest BCUT2D eigenvalue weighted by Gasteiger charge is -2.24. The van der Waals surface area contributed by atoms with Gasteiger partial charge in [-0.3, -0.25) is 4.98 Å². The molecular weight excluding hydrogens is 392 g/mol. The fraction of sp³-hybridized carbons (Fsp3) is 0.103. The summed E-state index contributed by atoms with van der Waals surface area (Å²) in [5.41, 5.74) is 9.95. The molecule has 6 rings (SSSR count). The molecule has 0 bridgehead atoms. The first-order chi connectivity index (χ1) is 15.8. The van der Waals surface area contributed by atoms with Crippen LogP contribution in [0.15, 0.2) is 91.0 Å². The summed E-state index contributed by atoms with van der Waals surface area (Å²) >= 11 is 0. The zero-order valence-corrected chi connectivity index (χ0v) is 17.9. The van der Waals surface area contributed by atoms with Crippen LogP contribution in [0.5, 0.6) is 5.75 Å². The lowest BCUT2D eigenvalue weighted by atomic mass is 9.85. The van der Waals surface area contributed by atoms with Crippen molar-refractivity contribution in [3.8, 4) is 39.4 Å². The van der Waals surface area contributed by atoms with Gasteiger partial charge in [0.15, 0.2) is 0 Å². The fourth-order valence-electron chi connectivity index (χ4n) is 4.71. The summed E-state index contributed by atoms with van der Waals surface area (Å²) in [5, 5.41) is 1.14. The average Bonchev–Trinajstić information content (AvgIpc) is 2.87. The van der Waals surface area contributed by atoms with E-state index in [1.165, 1.54) is 11.1 Å². The van der Waals surface area contributed by atoms with E-state index in [2.05, 4.69) is 66.7 Å². The van der Waals surface area contributed by atoms with Gasteiger partial charge in [0.05, 0.1) is 29.7 Å². The number of fused-ring (bicyclic) bond motifs is 4. The number of hydrogen-bond acceptors (Lipinski definition) is 3. The molecule has 154 valence electrons. The summed E-state index contributed by atoms with van der Waals surface area (Å²) in [6.45, 7) is 0. The number of benzene rings is 3. The van der Waals surface area contributed by atoms with Crippen LogP contribution in [0, 0.1) is 0 Å². The largest absolute Gasteiger partial charge is 0.496 e. The van der Waals surface area contributed by atoms with E-state index >= 15 is 0 Å². The molecule has 0 saturated carbocycles. The Morgan fingerprint density at radius 3 is 2.34 bits per heavy atom. The van der Waals surface area contributed by atoms with Crippen LogP contribution < -0.4 is 4.74 Å². The number of nitrogens with zero attached hydrogens (tertiary/aromatic N) is 2. The Morgan fingerprint density at radius 1 is 0.688 bits per heavy atom. The smallest absolute Gasteiger partial charge is 0.126 e. The minimum Gasteiger partial charge on any atom is -0.496 e. The maximum Gasteiger partial charge on any atom is 0.126 e. The van der Waals surface area contributed by atoms with E-state index in [1.807, 2.05) is 24.3 Å². The van der Waals surface area contributed by atoms with Crippen LogP contribution in [0.25, 0.3) is 44.5 Å². The maximum atomic E-state index is 5.73. The van der Waals surface area contributed by atoms with Gasteiger partial charge in [-0.25, -0.2) is 4.98 Å². The van der Waals surface area contributed by atoms with Crippen LogP contribution in [0.4, 0.5) is 0 Å². The third-order valence-electron chi connectivity index (χ3n) is 6.26. The Labute approximate surface area is 187 Å². The number of rotatable bonds is 3. The van der Waals surface area contributed by atoms with Crippen LogP contribution in [0.3, 0.4) is 0 Å². The van der Waals surface area contributed by atoms with Gasteiger partial charge in [0, 0.05) is 22.1 Å². The highest BCUT2D eigenvalue weighted by molar-refractivity contribution is 5.89. The van der Waals surface area contributed by atoms with E-state index < -0.39 is 0 Å². The van der Waals surface area contributed by atoms with E-state index in [9.17, 15) is 0 Å². The van der Waals surface area contributed by atoms with Crippen molar-refractivity contribution in [1.29, 1.82) is 0 Å². The highest BCUT2D eigenvalue weighted by atomic mass is 16.5. The van der Waals surface area contributed by atoms with Crippen molar-refractivity contribution < 1.29 is 4.74 Å². The van der Waals surface area contributed by atoms with Crippen molar-refractivity contribution in [2.24, 2.45) is 0 Å². The van der Waals surface area contributed by atoms with Crippen LogP contribution in [0.1, 0.15) is 11.3 Å². The highest BCUT2D eigenvalue weighted by Gasteiger charge is 2.25. The Bertz CT molecular complexity index is 1460. The van der Waals surface area contributed by atoms with Crippen LogP contribution >= 0.6 is 0 Å². The molecule has 5 aromatic rings. The Hall–Kier alpha value is -3.98. The molecule has 1 aliphatic rings. The molecule has 0 unspecified atom stereocenters. The SMILES string of the molecule is COc1ccccc1-c1cc(-c2ccccc2)nc2c1CCc1nc3ccccc3cc1-2. The van der Waals surface area contributed by atoms with E-state index in [0.717, 1.165) is 63.3 Å². The minimum atomic E-state index is 0.877. The first-order valence-corrected chi connectivity index (χ1v) is 10.9. The Morgan fingerprint density at radius 2 is 1.47 bits per heavy atom. The summed E-state index contributed by atoms with van der Waals surface area (Å²) in [5.74, 6) is 0.877. The van der Waals surface area contributed by atoms with E-state index in [4.69, 9.17) is 14.7 Å². The monoisotopic (exact) mass is 414 g/mol. The van der Waals surface area contributed by atoms with Crippen molar-refractivity contribution in [1.82, 2.24) is 9.97 Å². The van der Waals surface area contributed by atoms with Gasteiger partial charge in [-0.05, 0) is 48.2 Å². The van der Waals surface area contributed by atoms with Gasteiger partial charge >= 0.3 is 0 Å². The van der Waals surface area contributed by atoms with Crippen molar-refractivity contribution in [3.05, 3.63) is 102 Å². The predicted molar refractivity (Wildman–Crippen MR) is 130 cm³/mol. The van der Waals surface area contributed by atoms with Gasteiger partial charge in [0.2, 0.25) is 0 Å². The maximum absolute atomic E-state index is 5.73. The summed E-state index contributed by atoms with van der Waals surface area (Å²) in [7, 11) is 1.73. The topological polar surface area (TPSA) is 35.0 Å². The fourth-order valence-corrected chi connectivity index (χ4v) is 4.71. The van der Waals surface area contributed by atoms with Gasteiger partial charge in [-0.2, -0.15) is 0 Å². The average molecular weight is 415 g/mol. The zero-order valence-electron chi connectivity index (χ0n) is 17.9. The second-order valence-corrected chi connectivity index (χ2v) is 8.12. The Balaban J connectivity index is 1.67. The number of methoxy groups -OCH3 is 1. The summed E-state index contributed by atoms with van der Waals surface area (Å²) in [6.07, 6.45) is 1.81. The quantitative estimate of drug-likeness (QED) is 0.328. The van der Waals surface area contributed by atoms with Crippen LogP contribution in [-0.4, -0.2) is 17.1 Å². The summed E-state index contributed by atoms with van der Waals surface area (Å²) in [6, 6.07) is 31.4. The molecule has 2 heterocycles. The van der Waals surface area contributed by atoms with E-state index in [1.54, 1.807) is 7.11 Å². The first-order valence-electron chi connectivity index (χ1n) is 10.9. The van der Waals surface area contributed by atoms with E-state index in [-0.39, 0.29) is 0 Å². The number of ether oxygens (including phenoxy) is 1. The third-order valence-corrected chi connectivity index (χ3v) is 6.26. The molecule has 0 aliphatic heterocycles. The van der Waals surface area contributed by atoms with Crippen molar-refractivity contribution >= 4 is 10.9 Å². The molecule has 3 nitrogen and oxygen atoms in total. The minimum absolute atomic E-state index is 0.877. The number of aromatic nitrogens is 2. The molecule has 0 N–H and O–H groups in total. The summed E-state index contributed by atoms with van der Waals surface area (Å²) < 4.78 is 5.73. The second-order valence-electron chi connectivity index (χ2n) is 8.12. The standard InChI is InChI=1S/C29H22N2O/c1-32-28-14-8-6-12-21(28)23-18-27(19-9-3-2-4-10-19)31-29-22(23)15-16-26-24(29)17-20-11-5-7-13-25(20)30-26/h2-14,17-18H,15-16H2,1H3. The Kier molecular flexibility index (Phi) is 4.46. The van der Waals surface area contributed by atoms with Gasteiger partial charge in [-0.1, -0.05) is 66.7 Å². The molecule has 0 radical (unpaired) electrons. The zero-order chi connectivity index (χ0) is 21.5. The molecule has 3 heteroatoms. The molecule has 1 aliphatic carbocycles. The third kappa shape index (κ3) is 3.05. The number of hydrogen-bond donors (Lipinski definition) is 0. The molecular formula is C29H22N2O. The van der Waals surface area contributed by atoms with Crippen molar-refractivity contribution in [3.63, 3.8) is 0 Å². The second kappa shape index (κ2) is 7.61. The number of pyridine rings is 2. The molecule has 0 spiro atoms. The highest BCUT2D eigenvalue weighted by Crippen LogP contribution is 2.42. The van der Waals surface area contributed by atoms with Crippen molar-refractivity contribution in [2.45, 2.75) is 12.8 Å². The number of para-hydroxylation sites is 2. The molecule has 0 atom stereocenters. The predicted octanol–water partition coefficient (Wildman–Crippen LogP) is 6.74. The van der Waals surface area contributed by atoms with Gasteiger partial charge in [0.25, 0.3) is 0 Å². The molecule has 32 heavy (non-hydrogen) atoms. The van der Waals surface area contributed by atoms with Gasteiger partial charge in [-0.15, -0.1) is 0 Å². The molecule has 0 saturated heterocycles. The normalized spacial score (nSPS) is 12.3. The molecule has 2 aromatic heterocycles. The summed E-state index contributed by atoms with van der Waals surface area (Å²) in [4.78, 5) is 10.2. The lowest BCUT2D eigenvalue weighted by molar-refractivity contribution is 0.416. The first kappa shape index (κ1) is 18.8. The molecule has 0 amide bonds. The van der Waals surface area contributed by atoms with Crippen molar-refractivity contribution in [2.75, 3.05) is 7.11 Å². The van der Waals surface area contributed by atoms with Gasteiger partial charge < -0.3 is 4.74 Å². The molecule has 3 aromatic carbocycles. The van der Waals surface area contributed by atoms with Gasteiger partial charge in [0.1, 0.15) is 5.75 Å².